The Kier molecular flexibility index (Phi) is 5.46. The van der Waals surface area contributed by atoms with Crippen LogP contribution in [0.4, 0.5) is 4.39 Å². The van der Waals surface area contributed by atoms with Crippen LogP contribution in [0.15, 0.2) is 33.8 Å². The molecule has 130 valence electrons. The van der Waals surface area contributed by atoms with Gasteiger partial charge in [0.15, 0.2) is 0 Å². The number of nitrogens with two attached hydrogens (primary N) is 1. The summed E-state index contributed by atoms with van der Waals surface area (Å²) < 4.78 is 54.9. The van der Waals surface area contributed by atoms with Crippen LogP contribution in [0.2, 0.25) is 0 Å². The lowest BCUT2D eigenvalue weighted by atomic mass is 10.1. The SMILES string of the molecule is Cc1cc(C)c(S(=O)(=O)[O-])c(CCOc2cc(Br)c[n+](N)c2F)c1. The van der Waals surface area contributed by atoms with Crippen LogP contribution in [0.25, 0.3) is 0 Å². The van der Waals surface area contributed by atoms with Crippen molar-refractivity contribution in [2.45, 2.75) is 25.2 Å². The number of hydrogen-bond acceptors (Lipinski definition) is 5. The molecule has 1 aromatic carbocycles. The van der Waals surface area contributed by atoms with Crippen molar-refractivity contribution in [3.8, 4) is 5.75 Å². The fourth-order valence-electron chi connectivity index (χ4n) is 2.50. The van der Waals surface area contributed by atoms with E-state index in [4.69, 9.17) is 10.6 Å². The maximum Gasteiger partial charge on any atom is 0.431 e. The van der Waals surface area contributed by atoms with E-state index in [1.807, 2.05) is 0 Å². The molecule has 6 nitrogen and oxygen atoms in total. The predicted molar refractivity (Wildman–Crippen MR) is 87.5 cm³/mol. The summed E-state index contributed by atoms with van der Waals surface area (Å²) in [5.41, 5.74) is 1.55. The van der Waals surface area contributed by atoms with Crippen LogP contribution < -0.4 is 15.3 Å². The Labute approximate surface area is 147 Å². The molecule has 0 radical (unpaired) electrons. The summed E-state index contributed by atoms with van der Waals surface area (Å²) in [6.45, 7) is 3.34. The number of benzene rings is 1. The first-order chi connectivity index (χ1) is 11.1. The molecule has 0 atom stereocenters. The molecule has 0 aliphatic carbocycles. The molecule has 1 aromatic heterocycles. The van der Waals surface area contributed by atoms with E-state index in [2.05, 4.69) is 15.9 Å². The number of rotatable bonds is 5. The van der Waals surface area contributed by atoms with Gasteiger partial charge in [-0.25, -0.2) is 14.3 Å². The van der Waals surface area contributed by atoms with Crippen LogP contribution in [-0.4, -0.2) is 19.6 Å². The molecular weight excluding hydrogens is 403 g/mol. The van der Waals surface area contributed by atoms with Gasteiger partial charge in [0, 0.05) is 12.5 Å². The van der Waals surface area contributed by atoms with E-state index in [0.717, 1.165) is 10.2 Å². The highest BCUT2D eigenvalue weighted by Crippen LogP contribution is 2.24. The molecule has 24 heavy (non-hydrogen) atoms. The first kappa shape index (κ1) is 18.6. The van der Waals surface area contributed by atoms with Crippen molar-refractivity contribution < 1.29 is 26.8 Å². The molecule has 1 heterocycles. The van der Waals surface area contributed by atoms with Gasteiger partial charge in [-0.1, -0.05) is 22.4 Å². The molecule has 0 aliphatic heterocycles. The summed E-state index contributed by atoms with van der Waals surface area (Å²) in [6, 6.07) is 4.65. The Balaban J connectivity index is 2.25. The maximum absolute atomic E-state index is 13.9. The molecule has 2 rings (SSSR count). The molecule has 0 spiro atoms. The smallest absolute Gasteiger partial charge is 0.431 e. The minimum atomic E-state index is -4.61. The van der Waals surface area contributed by atoms with Gasteiger partial charge in [0.25, 0.3) is 0 Å². The molecule has 9 heteroatoms. The number of halogens is 2. The normalized spacial score (nSPS) is 11.5. The minimum Gasteiger partial charge on any atom is -0.744 e. The molecule has 0 saturated heterocycles. The molecule has 0 bridgehead atoms. The molecule has 0 unspecified atom stereocenters. The quantitative estimate of drug-likeness (QED) is 0.345. The van der Waals surface area contributed by atoms with Crippen LogP contribution >= 0.6 is 15.9 Å². The standard InChI is InChI=1S/C15H16BrFN2O4S/c1-9-5-10(2)14(24(20,21)22)11(6-9)3-4-23-13-7-12(16)8-19(18)15(13)17/h5-8H,3-4,18H2,1-2H3. The predicted octanol–water partition coefficient (Wildman–Crippen LogP) is 1.73. The van der Waals surface area contributed by atoms with Gasteiger partial charge in [-0.15, -0.1) is 4.39 Å². The lowest BCUT2D eigenvalue weighted by Crippen LogP contribution is -2.48. The topological polar surface area (TPSA) is 96.3 Å². The van der Waals surface area contributed by atoms with Crippen LogP contribution in [0.1, 0.15) is 16.7 Å². The van der Waals surface area contributed by atoms with Gasteiger partial charge >= 0.3 is 5.95 Å². The van der Waals surface area contributed by atoms with Crippen LogP contribution in [0.3, 0.4) is 0 Å². The Bertz CT molecular complexity index is 888. The highest BCUT2D eigenvalue weighted by atomic mass is 79.9. The summed E-state index contributed by atoms with van der Waals surface area (Å²) in [7, 11) is -4.61. The molecule has 2 aromatic rings. The summed E-state index contributed by atoms with van der Waals surface area (Å²) in [4.78, 5) is -0.250. The van der Waals surface area contributed by atoms with Crippen molar-refractivity contribution in [1.82, 2.24) is 0 Å². The summed E-state index contributed by atoms with van der Waals surface area (Å²) >= 11 is 3.17. The lowest BCUT2D eigenvalue weighted by molar-refractivity contribution is -0.670. The molecule has 2 N–H and O–H groups in total. The molecule has 0 amide bonds. The van der Waals surface area contributed by atoms with Crippen molar-refractivity contribution in [3.63, 3.8) is 0 Å². The van der Waals surface area contributed by atoms with E-state index < -0.39 is 16.1 Å². The Morgan fingerprint density at radius 2 is 2.00 bits per heavy atom. The number of aromatic nitrogens is 1. The van der Waals surface area contributed by atoms with E-state index in [0.29, 0.717) is 15.6 Å². The largest absolute Gasteiger partial charge is 0.744 e. The lowest BCUT2D eigenvalue weighted by Gasteiger charge is -2.17. The van der Waals surface area contributed by atoms with Crippen molar-refractivity contribution in [2.24, 2.45) is 0 Å². The summed E-state index contributed by atoms with van der Waals surface area (Å²) in [6.07, 6.45) is 1.46. The first-order valence-electron chi connectivity index (χ1n) is 6.94. The summed E-state index contributed by atoms with van der Waals surface area (Å²) in [5.74, 6) is 4.59. The van der Waals surface area contributed by atoms with Gasteiger partial charge in [-0.05, 0) is 40.9 Å². The van der Waals surface area contributed by atoms with Crippen molar-refractivity contribution in [3.05, 3.63) is 51.5 Å². The zero-order chi connectivity index (χ0) is 18.1. The highest BCUT2D eigenvalue weighted by molar-refractivity contribution is 9.10. The van der Waals surface area contributed by atoms with Gasteiger partial charge in [-0.2, -0.15) is 0 Å². The Hall–Kier alpha value is -1.71. The van der Waals surface area contributed by atoms with Crippen LogP contribution in [0, 0.1) is 19.8 Å². The first-order valence-corrected chi connectivity index (χ1v) is 9.14. The fourth-order valence-corrected chi connectivity index (χ4v) is 3.86. The second kappa shape index (κ2) is 7.04. The Morgan fingerprint density at radius 1 is 1.33 bits per heavy atom. The van der Waals surface area contributed by atoms with Crippen molar-refractivity contribution in [1.29, 1.82) is 0 Å². The maximum atomic E-state index is 13.9. The van der Waals surface area contributed by atoms with Gasteiger partial charge in [0.1, 0.15) is 10.1 Å². The molecular formula is C15H16BrFN2O4S. The van der Waals surface area contributed by atoms with Crippen molar-refractivity contribution in [2.75, 3.05) is 12.4 Å². The van der Waals surface area contributed by atoms with Gasteiger partial charge in [0.2, 0.25) is 11.9 Å². The van der Waals surface area contributed by atoms with Gasteiger partial charge in [-0.3, -0.25) is 0 Å². The number of nitrogen functional groups attached to an aromatic ring is 1. The third kappa shape index (κ3) is 4.22. The van der Waals surface area contributed by atoms with E-state index in [1.165, 1.54) is 12.3 Å². The van der Waals surface area contributed by atoms with E-state index in [1.54, 1.807) is 26.0 Å². The van der Waals surface area contributed by atoms with Crippen LogP contribution in [-0.2, 0) is 16.5 Å². The number of ether oxygens (including phenoxy) is 1. The fraction of sp³-hybridized carbons (Fsp3) is 0.267. The van der Waals surface area contributed by atoms with Crippen molar-refractivity contribution >= 4 is 26.0 Å². The highest BCUT2D eigenvalue weighted by Gasteiger charge is 2.18. The average molecular weight is 419 g/mol. The van der Waals surface area contributed by atoms with Gasteiger partial charge in [0.05, 0.1) is 16.0 Å². The zero-order valence-electron chi connectivity index (χ0n) is 13.0. The molecule has 0 aliphatic rings. The second-order valence-electron chi connectivity index (χ2n) is 5.34. The van der Waals surface area contributed by atoms with E-state index in [9.17, 15) is 17.4 Å². The monoisotopic (exact) mass is 418 g/mol. The third-order valence-electron chi connectivity index (χ3n) is 3.34. The number of pyridine rings is 1. The van der Waals surface area contributed by atoms with Gasteiger partial charge < -0.3 is 9.29 Å². The molecule has 0 fully saturated rings. The minimum absolute atomic E-state index is 0.0151. The van der Waals surface area contributed by atoms with Crippen LogP contribution in [0.5, 0.6) is 5.75 Å². The number of nitrogens with zero attached hydrogens (tertiary/aromatic N) is 1. The number of aryl methyl sites for hydroxylation is 2. The zero-order valence-corrected chi connectivity index (χ0v) is 15.4. The molecule has 0 saturated carbocycles. The Morgan fingerprint density at radius 3 is 2.62 bits per heavy atom. The second-order valence-corrected chi connectivity index (χ2v) is 7.58. The third-order valence-corrected chi connectivity index (χ3v) is 4.85. The summed E-state index contributed by atoms with van der Waals surface area (Å²) in [5, 5.41) is 0. The van der Waals surface area contributed by atoms with E-state index in [-0.39, 0.29) is 23.7 Å². The number of hydrogen-bond donors (Lipinski definition) is 1. The van der Waals surface area contributed by atoms with E-state index >= 15 is 0 Å². The average Bonchev–Trinajstić information content (AvgIpc) is 2.41.